The summed E-state index contributed by atoms with van der Waals surface area (Å²) in [6.45, 7) is 2.25. The molecule has 7 heteroatoms. The van der Waals surface area contributed by atoms with Crippen molar-refractivity contribution in [3.05, 3.63) is 17.3 Å². The first-order valence-corrected chi connectivity index (χ1v) is 8.72. The minimum atomic E-state index is 0.363. The van der Waals surface area contributed by atoms with Crippen LogP contribution in [0.3, 0.4) is 0 Å². The minimum absolute atomic E-state index is 0.363. The molecule has 18 heavy (non-hydrogen) atoms. The quantitative estimate of drug-likeness (QED) is 0.656. The number of thioether (sulfide) groups is 2. The summed E-state index contributed by atoms with van der Waals surface area (Å²) >= 11 is 5.57. The third-order valence-electron chi connectivity index (χ3n) is 2.92. The zero-order chi connectivity index (χ0) is 12.5. The lowest BCUT2D eigenvalue weighted by atomic mass is 10.3. The maximum absolute atomic E-state index is 5.56. The van der Waals surface area contributed by atoms with E-state index >= 15 is 0 Å². The molecule has 1 aliphatic rings. The summed E-state index contributed by atoms with van der Waals surface area (Å²) in [6.07, 6.45) is 0. The van der Waals surface area contributed by atoms with Gasteiger partial charge in [-0.2, -0.15) is 11.8 Å². The maximum atomic E-state index is 5.56. The number of anilines is 1. The highest BCUT2D eigenvalue weighted by molar-refractivity contribution is 8.06. The third-order valence-corrected chi connectivity index (χ3v) is 6.81. The predicted octanol–water partition coefficient (Wildman–Crippen LogP) is 2.89. The van der Waals surface area contributed by atoms with Gasteiger partial charge in [0.25, 0.3) is 0 Å². The Hall–Kier alpha value is -0.500. The standard InChI is InChI=1S/C11H14N4S3/c1-6-8(17-5-4-16-6)10-13-9(15-12)7-2-3-18-11(7)14-10/h2-3,6,8H,4-5,12H2,1H3,(H,13,14,15). The van der Waals surface area contributed by atoms with Crippen LogP contribution in [0.25, 0.3) is 10.2 Å². The fraction of sp³-hybridized carbons (Fsp3) is 0.455. The van der Waals surface area contributed by atoms with Gasteiger partial charge in [-0.25, -0.2) is 15.8 Å². The normalized spacial score (nSPS) is 24.3. The molecule has 3 N–H and O–H groups in total. The Morgan fingerprint density at radius 3 is 2.94 bits per heavy atom. The summed E-state index contributed by atoms with van der Waals surface area (Å²) in [5, 5.41) is 3.94. The van der Waals surface area contributed by atoms with Gasteiger partial charge < -0.3 is 5.43 Å². The lowest BCUT2D eigenvalue weighted by molar-refractivity contribution is 0.834. The van der Waals surface area contributed by atoms with Crippen LogP contribution in [0.4, 0.5) is 5.82 Å². The number of nitrogen functional groups attached to an aromatic ring is 1. The number of fused-ring (bicyclic) bond motifs is 1. The van der Waals surface area contributed by atoms with E-state index in [1.165, 1.54) is 5.75 Å². The molecule has 0 spiro atoms. The van der Waals surface area contributed by atoms with E-state index in [4.69, 9.17) is 10.8 Å². The zero-order valence-corrected chi connectivity index (χ0v) is 12.4. The topological polar surface area (TPSA) is 63.8 Å². The smallest absolute Gasteiger partial charge is 0.152 e. The number of thiophene rings is 1. The van der Waals surface area contributed by atoms with E-state index in [2.05, 4.69) is 17.3 Å². The van der Waals surface area contributed by atoms with Crippen LogP contribution >= 0.6 is 34.9 Å². The average Bonchev–Trinajstić information content (AvgIpc) is 2.86. The Labute approximate surface area is 118 Å². The zero-order valence-electron chi connectivity index (χ0n) is 9.92. The van der Waals surface area contributed by atoms with Crippen LogP contribution in [-0.4, -0.2) is 26.7 Å². The van der Waals surface area contributed by atoms with Crippen molar-refractivity contribution in [3.63, 3.8) is 0 Å². The molecule has 0 aliphatic carbocycles. The van der Waals surface area contributed by atoms with E-state index in [0.717, 1.165) is 27.6 Å². The van der Waals surface area contributed by atoms with Gasteiger partial charge in [0.2, 0.25) is 0 Å². The second kappa shape index (κ2) is 5.24. The molecule has 2 aromatic heterocycles. The van der Waals surface area contributed by atoms with Crippen molar-refractivity contribution < 1.29 is 0 Å². The summed E-state index contributed by atoms with van der Waals surface area (Å²) in [5.74, 6) is 9.58. The first-order chi connectivity index (χ1) is 8.79. The Kier molecular flexibility index (Phi) is 3.65. The van der Waals surface area contributed by atoms with Crippen molar-refractivity contribution in [2.45, 2.75) is 17.4 Å². The second-order valence-electron chi connectivity index (χ2n) is 4.08. The lowest BCUT2D eigenvalue weighted by Crippen LogP contribution is -2.19. The van der Waals surface area contributed by atoms with Crippen LogP contribution in [0.1, 0.15) is 18.0 Å². The van der Waals surface area contributed by atoms with Crippen molar-refractivity contribution in [2.75, 3.05) is 16.9 Å². The van der Waals surface area contributed by atoms with Gasteiger partial charge in [-0.1, -0.05) is 6.92 Å². The van der Waals surface area contributed by atoms with E-state index in [0.29, 0.717) is 10.5 Å². The van der Waals surface area contributed by atoms with E-state index in [1.54, 1.807) is 11.3 Å². The molecule has 1 fully saturated rings. The summed E-state index contributed by atoms with van der Waals surface area (Å²) in [5.41, 5.74) is 2.69. The van der Waals surface area contributed by atoms with Crippen LogP contribution in [0.5, 0.6) is 0 Å². The molecule has 96 valence electrons. The number of nitrogens with one attached hydrogen (secondary N) is 1. The van der Waals surface area contributed by atoms with Crippen molar-refractivity contribution in [3.8, 4) is 0 Å². The number of nitrogens with zero attached hydrogens (tertiary/aromatic N) is 2. The van der Waals surface area contributed by atoms with E-state index in [-0.39, 0.29) is 0 Å². The molecule has 1 aliphatic heterocycles. The summed E-state index contributed by atoms with van der Waals surface area (Å²) in [7, 11) is 0. The van der Waals surface area contributed by atoms with Gasteiger partial charge in [0.1, 0.15) is 10.7 Å². The van der Waals surface area contributed by atoms with Gasteiger partial charge in [0.15, 0.2) is 5.82 Å². The van der Waals surface area contributed by atoms with Crippen LogP contribution in [-0.2, 0) is 0 Å². The van der Waals surface area contributed by atoms with E-state index < -0.39 is 0 Å². The Morgan fingerprint density at radius 1 is 1.33 bits per heavy atom. The largest absolute Gasteiger partial charge is 0.308 e. The second-order valence-corrected chi connectivity index (χ2v) is 7.71. The Bertz CT molecular complexity index is 556. The van der Waals surface area contributed by atoms with Gasteiger partial charge >= 0.3 is 0 Å². The van der Waals surface area contributed by atoms with Crippen LogP contribution in [0, 0.1) is 0 Å². The summed E-state index contributed by atoms with van der Waals surface area (Å²) < 4.78 is 0. The Balaban J connectivity index is 2.05. The molecular formula is C11H14N4S3. The number of hydrazine groups is 1. The molecule has 2 atom stereocenters. The van der Waals surface area contributed by atoms with Crippen molar-refractivity contribution in [1.29, 1.82) is 0 Å². The number of hydrogen-bond donors (Lipinski definition) is 2. The van der Waals surface area contributed by atoms with E-state index in [1.807, 2.05) is 35.0 Å². The first kappa shape index (κ1) is 12.5. The predicted molar refractivity (Wildman–Crippen MR) is 82.3 cm³/mol. The molecule has 2 aromatic rings. The highest BCUT2D eigenvalue weighted by atomic mass is 32.2. The fourth-order valence-electron chi connectivity index (χ4n) is 2.03. The van der Waals surface area contributed by atoms with Crippen molar-refractivity contribution in [1.82, 2.24) is 9.97 Å². The molecular weight excluding hydrogens is 284 g/mol. The molecule has 3 rings (SSSR count). The molecule has 2 unspecified atom stereocenters. The highest BCUT2D eigenvalue weighted by Gasteiger charge is 2.27. The van der Waals surface area contributed by atoms with Crippen molar-refractivity contribution >= 4 is 50.9 Å². The van der Waals surface area contributed by atoms with Gasteiger partial charge in [-0.15, -0.1) is 23.1 Å². The SMILES string of the molecule is CC1SCCSC1c1nc(NN)c2ccsc2n1. The van der Waals surface area contributed by atoms with Crippen LogP contribution in [0.2, 0.25) is 0 Å². The molecule has 0 amide bonds. The molecule has 3 heterocycles. The van der Waals surface area contributed by atoms with Crippen molar-refractivity contribution in [2.24, 2.45) is 5.84 Å². The van der Waals surface area contributed by atoms with Gasteiger partial charge in [-0.3, -0.25) is 0 Å². The van der Waals surface area contributed by atoms with Crippen LogP contribution < -0.4 is 11.3 Å². The molecule has 0 saturated carbocycles. The third kappa shape index (κ3) is 2.20. The van der Waals surface area contributed by atoms with Gasteiger partial charge in [-0.05, 0) is 11.4 Å². The molecule has 4 nitrogen and oxygen atoms in total. The Morgan fingerprint density at radius 2 is 2.17 bits per heavy atom. The first-order valence-electron chi connectivity index (χ1n) is 5.74. The van der Waals surface area contributed by atoms with Gasteiger partial charge in [0, 0.05) is 16.8 Å². The number of nitrogens with two attached hydrogens (primary N) is 1. The molecule has 0 radical (unpaired) electrons. The van der Waals surface area contributed by atoms with Crippen LogP contribution in [0.15, 0.2) is 11.4 Å². The number of rotatable bonds is 2. The molecule has 0 bridgehead atoms. The summed E-state index contributed by atoms with van der Waals surface area (Å²) in [6, 6.07) is 2.01. The summed E-state index contributed by atoms with van der Waals surface area (Å²) in [4.78, 5) is 10.3. The highest BCUT2D eigenvalue weighted by Crippen LogP contribution is 2.42. The fourth-order valence-corrected chi connectivity index (χ4v) is 5.49. The number of hydrogen-bond acceptors (Lipinski definition) is 7. The minimum Gasteiger partial charge on any atom is -0.308 e. The van der Waals surface area contributed by atoms with E-state index in [9.17, 15) is 0 Å². The molecule has 1 saturated heterocycles. The van der Waals surface area contributed by atoms with Gasteiger partial charge in [0.05, 0.1) is 10.6 Å². The lowest BCUT2D eigenvalue weighted by Gasteiger charge is -2.26. The number of aromatic nitrogens is 2. The maximum Gasteiger partial charge on any atom is 0.152 e. The average molecular weight is 298 g/mol. The molecule has 0 aromatic carbocycles. The monoisotopic (exact) mass is 298 g/mol.